The van der Waals surface area contributed by atoms with Gasteiger partial charge in [0.15, 0.2) is 0 Å². The summed E-state index contributed by atoms with van der Waals surface area (Å²) in [6, 6.07) is 21.2. The van der Waals surface area contributed by atoms with Gasteiger partial charge in [-0.15, -0.1) is 0 Å². The minimum Gasteiger partial charge on any atom is -1.00 e. The van der Waals surface area contributed by atoms with E-state index in [1.54, 1.807) is 16.0 Å². The van der Waals surface area contributed by atoms with Gasteiger partial charge in [0.1, 0.15) is 12.1 Å². The van der Waals surface area contributed by atoms with E-state index in [9.17, 15) is 0 Å². The lowest BCUT2D eigenvalue weighted by atomic mass is 9.76. The first-order chi connectivity index (χ1) is 25.7. The maximum absolute atomic E-state index is 2.58. The predicted molar refractivity (Wildman–Crippen MR) is 234 cm³/mol. The molecule has 0 aliphatic rings. The molecule has 0 fully saturated rings. The fourth-order valence-electron chi connectivity index (χ4n) is 8.96. The molecule has 0 radical (unpaired) electrons. The van der Waals surface area contributed by atoms with E-state index >= 15 is 0 Å². The van der Waals surface area contributed by atoms with Crippen molar-refractivity contribution in [3.63, 3.8) is 0 Å². The van der Waals surface area contributed by atoms with Crippen LogP contribution in [0.25, 0.3) is 0 Å². The van der Waals surface area contributed by atoms with E-state index in [-0.39, 0.29) is 17.9 Å². The number of nitrogens with one attached hydrogen (secondary N) is 1. The van der Waals surface area contributed by atoms with Crippen LogP contribution in [0.1, 0.15) is 243 Å². The highest BCUT2D eigenvalue weighted by atomic mass is 35.5. The molecule has 0 amide bonds. The van der Waals surface area contributed by atoms with E-state index in [1.165, 1.54) is 217 Å². The fraction of sp³-hybridized carbons (Fsp3) is 0.765. The molecule has 306 valence electrons. The van der Waals surface area contributed by atoms with Crippen molar-refractivity contribution >= 4 is 0 Å². The standard InChI is InChI=1S/C51H89N.ClH/c1-5-8-11-14-17-20-23-26-29-35-42-49-43-36-37-44-50(49)51(52(4)47-48-40-33-32-34-41-48,45-38-30-27-24-21-18-15-12-9-6-2)46-39-31-28-25-22-19-16-13-10-7-3;/h32-34,36-37,40-41,43-44H,5-31,35,38-39,42,45-47H2,1-4H3;1H. The van der Waals surface area contributed by atoms with Crippen molar-refractivity contribution in [3.05, 3.63) is 71.3 Å². The molecule has 0 aliphatic heterocycles. The van der Waals surface area contributed by atoms with Crippen LogP contribution < -0.4 is 17.3 Å². The molecule has 2 aromatic rings. The molecule has 0 heterocycles. The van der Waals surface area contributed by atoms with Gasteiger partial charge in [0, 0.05) is 24.0 Å². The normalized spacial score (nSPS) is 12.2. The zero-order chi connectivity index (χ0) is 37.2. The number of benzene rings is 2. The summed E-state index contributed by atoms with van der Waals surface area (Å²) in [5.74, 6) is 0. The average molecular weight is 753 g/mol. The number of hydrogen-bond donors (Lipinski definition) is 1. The van der Waals surface area contributed by atoms with Crippen molar-refractivity contribution in [2.45, 2.75) is 245 Å². The van der Waals surface area contributed by atoms with Crippen molar-refractivity contribution in [1.29, 1.82) is 0 Å². The topological polar surface area (TPSA) is 4.44 Å². The van der Waals surface area contributed by atoms with Crippen LogP contribution in [0.2, 0.25) is 0 Å². The van der Waals surface area contributed by atoms with Crippen LogP contribution in [0.3, 0.4) is 0 Å². The summed E-state index contributed by atoms with van der Waals surface area (Å²) in [6.07, 6.45) is 46.3. The summed E-state index contributed by atoms with van der Waals surface area (Å²) >= 11 is 0. The van der Waals surface area contributed by atoms with Crippen LogP contribution in [0.5, 0.6) is 0 Å². The molecule has 1 unspecified atom stereocenters. The molecule has 0 saturated heterocycles. The van der Waals surface area contributed by atoms with E-state index in [2.05, 4.69) is 82.4 Å². The van der Waals surface area contributed by atoms with Crippen LogP contribution in [0, 0.1) is 0 Å². The van der Waals surface area contributed by atoms with Gasteiger partial charge in [-0.25, -0.2) is 0 Å². The number of quaternary nitrogens is 1. The van der Waals surface area contributed by atoms with Crippen LogP contribution in [0.15, 0.2) is 54.6 Å². The van der Waals surface area contributed by atoms with E-state index in [4.69, 9.17) is 0 Å². The Morgan fingerprint density at radius 3 is 1.15 bits per heavy atom. The second kappa shape index (κ2) is 35.1. The Morgan fingerprint density at radius 1 is 0.396 bits per heavy atom. The Balaban J connectivity index is 0.0000140. The molecule has 53 heavy (non-hydrogen) atoms. The third kappa shape index (κ3) is 23.4. The summed E-state index contributed by atoms with van der Waals surface area (Å²) in [5, 5.41) is 0. The monoisotopic (exact) mass is 752 g/mol. The third-order valence-corrected chi connectivity index (χ3v) is 12.4. The van der Waals surface area contributed by atoms with Crippen LogP contribution >= 0.6 is 0 Å². The molecule has 0 aliphatic carbocycles. The first-order valence-corrected chi connectivity index (χ1v) is 23.6. The summed E-state index contributed by atoms with van der Waals surface area (Å²) in [4.78, 5) is 1.72. The van der Waals surface area contributed by atoms with Gasteiger partial charge in [-0.3, -0.25) is 0 Å². The Bertz CT molecular complexity index is 1010. The highest BCUT2D eigenvalue weighted by Gasteiger charge is 2.41. The highest BCUT2D eigenvalue weighted by molar-refractivity contribution is 5.33. The zero-order valence-corrected chi connectivity index (χ0v) is 36.9. The van der Waals surface area contributed by atoms with Crippen LogP contribution in [-0.4, -0.2) is 7.05 Å². The van der Waals surface area contributed by atoms with E-state index in [1.807, 2.05) is 0 Å². The number of halogens is 1. The van der Waals surface area contributed by atoms with Gasteiger partial charge in [0.25, 0.3) is 0 Å². The minimum atomic E-state index is 0. The minimum absolute atomic E-state index is 0. The highest BCUT2D eigenvalue weighted by Crippen LogP contribution is 2.34. The lowest BCUT2D eigenvalue weighted by Crippen LogP contribution is -3.15. The second-order valence-corrected chi connectivity index (χ2v) is 17.0. The average Bonchev–Trinajstić information content (AvgIpc) is 3.17. The van der Waals surface area contributed by atoms with Crippen molar-refractivity contribution in [1.82, 2.24) is 0 Å². The predicted octanol–water partition coefficient (Wildman–Crippen LogP) is 12.7. The van der Waals surface area contributed by atoms with Gasteiger partial charge in [0.2, 0.25) is 0 Å². The van der Waals surface area contributed by atoms with E-state index in [0.717, 1.165) is 6.54 Å². The molecule has 0 aromatic heterocycles. The van der Waals surface area contributed by atoms with Gasteiger partial charge in [-0.05, 0) is 31.2 Å². The number of hydrogen-bond acceptors (Lipinski definition) is 0. The fourth-order valence-corrected chi connectivity index (χ4v) is 8.96. The molecular formula is C51H90ClN. The van der Waals surface area contributed by atoms with Crippen LogP contribution in [0.4, 0.5) is 0 Å². The Kier molecular flexibility index (Phi) is 32.9. The van der Waals surface area contributed by atoms with Crippen molar-refractivity contribution in [2.24, 2.45) is 0 Å². The quantitative estimate of drug-likeness (QED) is 0.0656. The lowest BCUT2D eigenvalue weighted by Gasteiger charge is -2.41. The summed E-state index contributed by atoms with van der Waals surface area (Å²) < 4.78 is 0. The number of aryl methyl sites for hydroxylation is 1. The van der Waals surface area contributed by atoms with Crippen molar-refractivity contribution in [2.75, 3.05) is 7.05 Å². The van der Waals surface area contributed by atoms with Gasteiger partial charge in [-0.2, -0.15) is 0 Å². The van der Waals surface area contributed by atoms with E-state index < -0.39 is 0 Å². The first kappa shape index (κ1) is 49.7. The molecule has 1 atom stereocenters. The third-order valence-electron chi connectivity index (χ3n) is 12.4. The van der Waals surface area contributed by atoms with Gasteiger partial charge in [0.05, 0.1) is 7.05 Å². The lowest BCUT2D eigenvalue weighted by molar-refractivity contribution is -0.957. The summed E-state index contributed by atoms with van der Waals surface area (Å²) in [6.45, 7) is 8.09. The Hall–Kier alpha value is -1.31. The molecule has 0 saturated carbocycles. The molecule has 1 N–H and O–H groups in total. The molecule has 2 rings (SSSR count). The van der Waals surface area contributed by atoms with Crippen molar-refractivity contribution < 1.29 is 17.3 Å². The van der Waals surface area contributed by atoms with Gasteiger partial charge in [-0.1, -0.05) is 249 Å². The molecular weight excluding hydrogens is 662 g/mol. The van der Waals surface area contributed by atoms with Gasteiger partial charge < -0.3 is 17.3 Å². The SMILES string of the molecule is CCCCCCCCCCCCc1ccccc1C(CCCCCCCCCCCC)(CCCCCCCCCCCC)[NH+](C)Cc1ccccc1.[Cl-]. The maximum atomic E-state index is 2.58. The molecule has 2 aromatic carbocycles. The maximum Gasteiger partial charge on any atom is 0.124 e. The number of unbranched alkanes of at least 4 members (excludes halogenated alkanes) is 27. The summed E-state index contributed by atoms with van der Waals surface area (Å²) in [5.41, 5.74) is 5.04. The first-order valence-electron chi connectivity index (χ1n) is 23.6. The molecule has 1 nitrogen and oxygen atoms in total. The van der Waals surface area contributed by atoms with Crippen LogP contribution in [-0.2, 0) is 18.5 Å². The second-order valence-electron chi connectivity index (χ2n) is 17.0. The zero-order valence-electron chi connectivity index (χ0n) is 36.1. The number of rotatable bonds is 37. The molecule has 2 heteroatoms. The van der Waals surface area contributed by atoms with E-state index in [0.29, 0.717) is 0 Å². The Morgan fingerprint density at radius 2 is 0.736 bits per heavy atom. The smallest absolute Gasteiger partial charge is 0.124 e. The molecule has 0 bridgehead atoms. The van der Waals surface area contributed by atoms with Crippen molar-refractivity contribution in [3.8, 4) is 0 Å². The van der Waals surface area contributed by atoms with Gasteiger partial charge >= 0.3 is 0 Å². The Labute approximate surface area is 339 Å². The molecule has 0 spiro atoms. The largest absolute Gasteiger partial charge is 1.00 e. The summed E-state index contributed by atoms with van der Waals surface area (Å²) in [7, 11) is 2.55.